The molecular weight excluding hydrogens is 258 g/mol. The fourth-order valence-electron chi connectivity index (χ4n) is 3.48. The van der Waals surface area contributed by atoms with Gasteiger partial charge in [-0.05, 0) is 49.0 Å². The van der Waals surface area contributed by atoms with Crippen molar-refractivity contribution in [3.8, 4) is 0 Å². The summed E-state index contributed by atoms with van der Waals surface area (Å²) in [5, 5.41) is 4.64. The highest BCUT2D eigenvalue weighted by Gasteiger charge is 2.39. The van der Waals surface area contributed by atoms with Gasteiger partial charge in [-0.3, -0.25) is 4.68 Å². The van der Waals surface area contributed by atoms with Crippen molar-refractivity contribution < 1.29 is 0 Å². The van der Waals surface area contributed by atoms with Crippen LogP contribution < -0.4 is 0 Å². The van der Waals surface area contributed by atoms with Gasteiger partial charge in [-0.1, -0.05) is 27.2 Å². The van der Waals surface area contributed by atoms with E-state index in [4.69, 9.17) is 0 Å². The molecule has 0 bridgehead atoms. The van der Waals surface area contributed by atoms with Gasteiger partial charge < -0.3 is 4.90 Å². The predicted octanol–water partition coefficient (Wildman–Crippen LogP) is 3.91. The largest absolute Gasteiger partial charge is 0.303 e. The van der Waals surface area contributed by atoms with Crippen LogP contribution in [0.2, 0.25) is 0 Å². The Morgan fingerprint density at radius 1 is 1.33 bits per heavy atom. The van der Waals surface area contributed by atoms with Gasteiger partial charge in [0.2, 0.25) is 0 Å². The van der Waals surface area contributed by atoms with Gasteiger partial charge in [0, 0.05) is 25.8 Å². The van der Waals surface area contributed by atoms with Gasteiger partial charge in [0.1, 0.15) is 0 Å². The number of nitrogens with zero attached hydrogens (tertiary/aromatic N) is 3. The van der Waals surface area contributed by atoms with E-state index in [1.165, 1.54) is 63.7 Å². The van der Waals surface area contributed by atoms with Gasteiger partial charge in [0.05, 0.1) is 12.2 Å². The summed E-state index contributed by atoms with van der Waals surface area (Å²) in [6.07, 6.45) is 12.2. The zero-order valence-corrected chi connectivity index (χ0v) is 14.0. The standard InChI is InChI=1S/C18H31N3/c1-4-15(2)11-16-12-19-21(13-16)17-5-9-20(10-6-17)14-18(3)7-8-18/h12-13,15,17H,4-11,14H2,1-3H3. The maximum atomic E-state index is 4.64. The molecule has 1 aromatic rings. The molecule has 1 aliphatic heterocycles. The molecule has 1 aromatic heterocycles. The molecule has 2 aliphatic rings. The highest BCUT2D eigenvalue weighted by molar-refractivity contribution is 5.05. The SMILES string of the molecule is CCC(C)Cc1cnn(C2CCN(CC3(C)CC3)CC2)c1. The summed E-state index contributed by atoms with van der Waals surface area (Å²) in [5.41, 5.74) is 2.07. The summed E-state index contributed by atoms with van der Waals surface area (Å²) in [5.74, 6) is 0.767. The molecule has 0 N–H and O–H groups in total. The molecule has 0 aromatic carbocycles. The first-order chi connectivity index (χ1) is 10.1. The number of piperidine rings is 1. The molecule has 0 radical (unpaired) electrons. The lowest BCUT2D eigenvalue weighted by Crippen LogP contribution is -2.37. The quantitative estimate of drug-likeness (QED) is 0.791. The second-order valence-corrected chi connectivity index (χ2v) is 7.86. The number of hydrogen-bond donors (Lipinski definition) is 0. The summed E-state index contributed by atoms with van der Waals surface area (Å²) in [6.45, 7) is 10.9. The third-order valence-electron chi connectivity index (χ3n) is 5.58. The minimum Gasteiger partial charge on any atom is -0.303 e. The number of aromatic nitrogens is 2. The van der Waals surface area contributed by atoms with Gasteiger partial charge >= 0.3 is 0 Å². The van der Waals surface area contributed by atoms with E-state index >= 15 is 0 Å². The normalized spacial score (nSPS) is 24.1. The fraction of sp³-hybridized carbons (Fsp3) is 0.833. The Labute approximate surface area is 129 Å². The van der Waals surface area contributed by atoms with Crippen LogP contribution in [0.15, 0.2) is 12.4 Å². The van der Waals surface area contributed by atoms with Gasteiger partial charge in [-0.2, -0.15) is 5.10 Å². The van der Waals surface area contributed by atoms with Gasteiger partial charge in [0.15, 0.2) is 0 Å². The van der Waals surface area contributed by atoms with E-state index in [0.717, 1.165) is 5.92 Å². The van der Waals surface area contributed by atoms with Crippen LogP contribution in [0.5, 0.6) is 0 Å². The molecule has 2 heterocycles. The van der Waals surface area contributed by atoms with Crippen molar-refractivity contribution in [1.29, 1.82) is 0 Å². The fourth-order valence-corrected chi connectivity index (χ4v) is 3.48. The average molecular weight is 289 g/mol. The number of hydrogen-bond acceptors (Lipinski definition) is 2. The molecule has 0 spiro atoms. The van der Waals surface area contributed by atoms with E-state index in [0.29, 0.717) is 11.5 Å². The highest BCUT2D eigenvalue weighted by atomic mass is 15.3. The molecule has 1 atom stereocenters. The molecule has 1 aliphatic carbocycles. The van der Waals surface area contributed by atoms with Crippen molar-refractivity contribution >= 4 is 0 Å². The molecule has 0 amide bonds. The maximum Gasteiger partial charge on any atom is 0.0543 e. The molecule has 1 saturated carbocycles. The zero-order chi connectivity index (χ0) is 14.9. The van der Waals surface area contributed by atoms with E-state index in [-0.39, 0.29) is 0 Å². The number of rotatable bonds is 6. The van der Waals surface area contributed by atoms with Crippen molar-refractivity contribution in [3.05, 3.63) is 18.0 Å². The lowest BCUT2D eigenvalue weighted by Gasteiger charge is -2.33. The van der Waals surface area contributed by atoms with Crippen molar-refractivity contribution in [2.75, 3.05) is 19.6 Å². The Hall–Kier alpha value is -0.830. The van der Waals surface area contributed by atoms with Crippen LogP contribution in [-0.4, -0.2) is 34.3 Å². The maximum absolute atomic E-state index is 4.64. The predicted molar refractivity (Wildman–Crippen MR) is 87.4 cm³/mol. The molecule has 1 unspecified atom stereocenters. The van der Waals surface area contributed by atoms with Gasteiger partial charge in [-0.15, -0.1) is 0 Å². The van der Waals surface area contributed by atoms with Crippen LogP contribution >= 0.6 is 0 Å². The van der Waals surface area contributed by atoms with Crippen LogP contribution in [0.3, 0.4) is 0 Å². The van der Waals surface area contributed by atoms with Crippen LogP contribution in [-0.2, 0) is 6.42 Å². The molecular formula is C18H31N3. The first-order valence-corrected chi connectivity index (χ1v) is 8.83. The monoisotopic (exact) mass is 289 g/mol. The van der Waals surface area contributed by atoms with E-state index in [1.807, 2.05) is 0 Å². The Morgan fingerprint density at radius 2 is 2.05 bits per heavy atom. The summed E-state index contributed by atoms with van der Waals surface area (Å²) in [7, 11) is 0. The lowest BCUT2D eigenvalue weighted by atomic mass is 10.0. The average Bonchev–Trinajstić information content (AvgIpc) is 3.02. The van der Waals surface area contributed by atoms with Gasteiger partial charge in [-0.25, -0.2) is 0 Å². The van der Waals surface area contributed by atoms with E-state index in [9.17, 15) is 0 Å². The Kier molecular flexibility index (Phi) is 4.39. The van der Waals surface area contributed by atoms with Crippen molar-refractivity contribution in [1.82, 2.24) is 14.7 Å². The topological polar surface area (TPSA) is 21.1 Å². The molecule has 3 nitrogen and oxygen atoms in total. The van der Waals surface area contributed by atoms with Crippen LogP contribution in [0.4, 0.5) is 0 Å². The van der Waals surface area contributed by atoms with E-state index < -0.39 is 0 Å². The van der Waals surface area contributed by atoms with E-state index in [2.05, 4.69) is 47.8 Å². The van der Waals surface area contributed by atoms with Crippen LogP contribution in [0, 0.1) is 11.3 Å². The second kappa shape index (κ2) is 6.12. The third-order valence-corrected chi connectivity index (χ3v) is 5.58. The summed E-state index contributed by atoms with van der Waals surface area (Å²) in [6, 6.07) is 0.624. The van der Waals surface area contributed by atoms with Crippen LogP contribution in [0.1, 0.15) is 64.5 Å². The highest BCUT2D eigenvalue weighted by Crippen LogP contribution is 2.46. The first-order valence-electron chi connectivity index (χ1n) is 8.83. The summed E-state index contributed by atoms with van der Waals surface area (Å²) in [4.78, 5) is 2.67. The zero-order valence-electron chi connectivity index (χ0n) is 14.0. The second-order valence-electron chi connectivity index (χ2n) is 7.86. The van der Waals surface area contributed by atoms with E-state index in [1.54, 1.807) is 0 Å². The molecule has 118 valence electrons. The molecule has 21 heavy (non-hydrogen) atoms. The molecule has 1 saturated heterocycles. The minimum absolute atomic E-state index is 0.624. The lowest BCUT2D eigenvalue weighted by molar-refractivity contribution is 0.155. The Bertz CT molecular complexity index is 453. The third kappa shape index (κ3) is 3.88. The Balaban J connectivity index is 1.49. The minimum atomic E-state index is 0.624. The molecule has 2 fully saturated rings. The smallest absolute Gasteiger partial charge is 0.0543 e. The number of likely N-dealkylation sites (tertiary alicyclic amines) is 1. The summed E-state index contributed by atoms with van der Waals surface area (Å²) >= 11 is 0. The molecule has 3 heteroatoms. The molecule has 3 rings (SSSR count). The first kappa shape index (κ1) is 15.1. The van der Waals surface area contributed by atoms with Crippen LogP contribution in [0.25, 0.3) is 0 Å². The van der Waals surface area contributed by atoms with Gasteiger partial charge in [0.25, 0.3) is 0 Å². The Morgan fingerprint density at radius 3 is 2.67 bits per heavy atom. The van der Waals surface area contributed by atoms with Crippen molar-refractivity contribution in [3.63, 3.8) is 0 Å². The van der Waals surface area contributed by atoms with Crippen molar-refractivity contribution in [2.45, 2.75) is 65.3 Å². The summed E-state index contributed by atoms with van der Waals surface area (Å²) < 4.78 is 2.24. The van der Waals surface area contributed by atoms with Crippen molar-refractivity contribution in [2.24, 2.45) is 11.3 Å².